The van der Waals surface area contributed by atoms with Crippen LogP contribution in [0.1, 0.15) is 16.8 Å². The molecule has 1 aliphatic carbocycles. The number of aromatic nitrogens is 3. The molecule has 4 aromatic rings. The average Bonchev–Trinajstić information content (AvgIpc) is 3.06. The molecule has 0 amide bonds. The second-order valence-electron chi connectivity index (χ2n) is 7.03. The van der Waals surface area contributed by atoms with Gasteiger partial charge in [0.25, 0.3) is 5.56 Å². The van der Waals surface area contributed by atoms with Gasteiger partial charge in [-0.2, -0.15) is 0 Å². The van der Waals surface area contributed by atoms with Gasteiger partial charge in [-0.1, -0.05) is 54.1 Å². The average molecular weight is 353 g/mol. The monoisotopic (exact) mass is 353 g/mol. The quantitative estimate of drug-likeness (QED) is 0.584. The number of pyridine rings is 1. The van der Waals surface area contributed by atoms with Crippen molar-refractivity contribution in [3.8, 4) is 28.1 Å². The van der Waals surface area contributed by atoms with Crippen LogP contribution in [0.5, 0.6) is 0 Å². The standard InChI is InChI=1S/C23H19N3O/c1-15-5-7-16(8-6-15)17-9-11-19-18(14-17)10-12-20-22(19)23(27)26(25-20)21-4-2-3-13-24-21/h2-9,11,13-14,25H,10,12H2,1H3. The Morgan fingerprint density at radius 3 is 2.56 bits per heavy atom. The molecular formula is C23H19N3O. The molecule has 0 spiro atoms. The van der Waals surface area contributed by atoms with Gasteiger partial charge in [0, 0.05) is 11.9 Å². The fraction of sp³-hybridized carbons (Fsp3) is 0.130. The van der Waals surface area contributed by atoms with E-state index in [1.807, 2.05) is 18.2 Å². The van der Waals surface area contributed by atoms with Gasteiger partial charge in [0.05, 0.1) is 5.56 Å². The summed E-state index contributed by atoms with van der Waals surface area (Å²) in [6, 6.07) is 20.5. The van der Waals surface area contributed by atoms with Crippen molar-refractivity contribution in [1.82, 2.24) is 14.8 Å². The van der Waals surface area contributed by atoms with Gasteiger partial charge in [-0.3, -0.25) is 9.89 Å². The van der Waals surface area contributed by atoms with Crippen LogP contribution in [-0.4, -0.2) is 14.8 Å². The zero-order valence-corrected chi connectivity index (χ0v) is 15.1. The maximum absolute atomic E-state index is 13.1. The van der Waals surface area contributed by atoms with Crippen LogP contribution < -0.4 is 5.56 Å². The number of aromatic amines is 1. The summed E-state index contributed by atoms with van der Waals surface area (Å²) in [4.78, 5) is 17.4. The smallest absolute Gasteiger partial charge is 0.280 e. The molecule has 0 saturated carbocycles. The van der Waals surface area contributed by atoms with Crippen molar-refractivity contribution in [2.75, 3.05) is 0 Å². The second kappa shape index (κ2) is 6.09. The molecule has 4 heteroatoms. The molecule has 0 bridgehead atoms. The van der Waals surface area contributed by atoms with E-state index in [9.17, 15) is 4.79 Å². The summed E-state index contributed by atoms with van der Waals surface area (Å²) in [6.45, 7) is 2.09. The minimum Gasteiger partial charge on any atom is -0.293 e. The third kappa shape index (κ3) is 2.61. The highest BCUT2D eigenvalue weighted by molar-refractivity contribution is 5.76. The van der Waals surface area contributed by atoms with Gasteiger partial charge in [0.2, 0.25) is 0 Å². The highest BCUT2D eigenvalue weighted by Gasteiger charge is 2.24. The van der Waals surface area contributed by atoms with E-state index in [1.165, 1.54) is 22.3 Å². The normalized spacial score (nSPS) is 12.5. The first-order valence-electron chi connectivity index (χ1n) is 9.16. The van der Waals surface area contributed by atoms with E-state index >= 15 is 0 Å². The van der Waals surface area contributed by atoms with E-state index in [1.54, 1.807) is 10.9 Å². The molecule has 0 radical (unpaired) electrons. The Morgan fingerprint density at radius 2 is 1.78 bits per heavy atom. The van der Waals surface area contributed by atoms with Gasteiger partial charge in [0.15, 0.2) is 5.82 Å². The Labute approximate surface area is 157 Å². The van der Waals surface area contributed by atoms with Crippen LogP contribution >= 0.6 is 0 Å². The maximum atomic E-state index is 13.1. The molecule has 0 atom stereocenters. The Morgan fingerprint density at radius 1 is 0.963 bits per heavy atom. The summed E-state index contributed by atoms with van der Waals surface area (Å²) in [5.41, 5.74) is 7.63. The first kappa shape index (κ1) is 15.8. The minimum atomic E-state index is -0.0345. The third-order valence-electron chi connectivity index (χ3n) is 5.25. The largest absolute Gasteiger partial charge is 0.293 e. The Bertz CT molecular complexity index is 1180. The lowest BCUT2D eigenvalue weighted by molar-refractivity contribution is 0.781. The van der Waals surface area contributed by atoms with E-state index < -0.39 is 0 Å². The number of hydrogen-bond donors (Lipinski definition) is 1. The molecule has 1 aliphatic rings. The first-order valence-corrected chi connectivity index (χ1v) is 9.16. The maximum Gasteiger partial charge on any atom is 0.280 e. The van der Waals surface area contributed by atoms with Gasteiger partial charge < -0.3 is 0 Å². The molecule has 27 heavy (non-hydrogen) atoms. The van der Waals surface area contributed by atoms with Crippen LogP contribution in [0.4, 0.5) is 0 Å². The van der Waals surface area contributed by atoms with Crippen LogP contribution in [0.2, 0.25) is 0 Å². The summed E-state index contributed by atoms with van der Waals surface area (Å²) in [6.07, 6.45) is 3.45. The molecule has 2 aromatic carbocycles. The van der Waals surface area contributed by atoms with Crippen LogP contribution in [0.15, 0.2) is 71.7 Å². The van der Waals surface area contributed by atoms with Gasteiger partial charge in [-0.05, 0) is 54.2 Å². The van der Waals surface area contributed by atoms with Crippen LogP contribution in [0.3, 0.4) is 0 Å². The topological polar surface area (TPSA) is 50.7 Å². The van der Waals surface area contributed by atoms with Gasteiger partial charge in [-0.25, -0.2) is 9.67 Å². The fourth-order valence-electron chi connectivity index (χ4n) is 3.82. The number of rotatable bonds is 2. The van der Waals surface area contributed by atoms with Crippen LogP contribution in [0.25, 0.3) is 28.1 Å². The van der Waals surface area contributed by atoms with Crippen molar-refractivity contribution in [1.29, 1.82) is 0 Å². The summed E-state index contributed by atoms with van der Waals surface area (Å²) in [5.74, 6) is 0.620. The summed E-state index contributed by atoms with van der Waals surface area (Å²) >= 11 is 0. The Hall–Kier alpha value is -3.40. The van der Waals surface area contributed by atoms with Gasteiger partial charge in [-0.15, -0.1) is 0 Å². The molecule has 4 nitrogen and oxygen atoms in total. The molecule has 5 rings (SSSR count). The lowest BCUT2D eigenvalue weighted by Gasteiger charge is -2.16. The van der Waals surface area contributed by atoms with E-state index in [4.69, 9.17) is 0 Å². The number of nitrogens with one attached hydrogen (secondary N) is 1. The Kier molecular flexibility index (Phi) is 3.57. The van der Waals surface area contributed by atoms with Crippen molar-refractivity contribution in [2.24, 2.45) is 0 Å². The number of H-pyrrole nitrogens is 1. The molecule has 0 fully saturated rings. The number of benzene rings is 2. The number of aryl methyl sites for hydroxylation is 3. The van der Waals surface area contributed by atoms with E-state index in [-0.39, 0.29) is 5.56 Å². The lowest BCUT2D eigenvalue weighted by Crippen LogP contribution is -2.17. The zero-order chi connectivity index (χ0) is 18.4. The van der Waals surface area contributed by atoms with Gasteiger partial charge >= 0.3 is 0 Å². The van der Waals surface area contributed by atoms with Crippen molar-refractivity contribution in [3.05, 3.63) is 94.0 Å². The van der Waals surface area contributed by atoms with Gasteiger partial charge in [0.1, 0.15) is 0 Å². The molecule has 2 heterocycles. The van der Waals surface area contributed by atoms with Crippen molar-refractivity contribution in [2.45, 2.75) is 19.8 Å². The molecule has 2 aromatic heterocycles. The summed E-state index contributed by atoms with van der Waals surface area (Å²) in [5, 5.41) is 3.25. The predicted molar refractivity (Wildman–Crippen MR) is 107 cm³/mol. The highest BCUT2D eigenvalue weighted by Crippen LogP contribution is 2.33. The SMILES string of the molecule is Cc1ccc(-c2ccc3c(c2)CCc2[nH]n(-c4ccccn4)c(=O)c2-3)cc1. The van der Waals surface area contributed by atoms with E-state index in [0.29, 0.717) is 5.82 Å². The molecule has 132 valence electrons. The van der Waals surface area contributed by atoms with Crippen molar-refractivity contribution < 1.29 is 0 Å². The predicted octanol–water partition coefficient (Wildman–Crippen LogP) is 4.30. The first-order chi connectivity index (χ1) is 13.2. The second-order valence-corrected chi connectivity index (χ2v) is 7.03. The highest BCUT2D eigenvalue weighted by atomic mass is 16.1. The number of fused-ring (bicyclic) bond motifs is 3. The molecule has 0 aliphatic heterocycles. The zero-order valence-electron chi connectivity index (χ0n) is 15.1. The molecule has 0 saturated heterocycles. The minimum absolute atomic E-state index is 0.0345. The summed E-state index contributed by atoms with van der Waals surface area (Å²) < 4.78 is 1.55. The Balaban J connectivity index is 1.62. The van der Waals surface area contributed by atoms with Crippen molar-refractivity contribution in [3.63, 3.8) is 0 Å². The van der Waals surface area contributed by atoms with Crippen molar-refractivity contribution >= 4 is 0 Å². The number of nitrogens with zero attached hydrogens (tertiary/aromatic N) is 2. The number of hydrogen-bond acceptors (Lipinski definition) is 2. The third-order valence-corrected chi connectivity index (χ3v) is 5.25. The van der Waals surface area contributed by atoms with Crippen LogP contribution in [0, 0.1) is 6.92 Å². The summed E-state index contributed by atoms with van der Waals surface area (Å²) in [7, 11) is 0. The van der Waals surface area contributed by atoms with Crippen LogP contribution in [-0.2, 0) is 12.8 Å². The van der Waals surface area contributed by atoms with E-state index in [2.05, 4.69) is 59.5 Å². The van der Waals surface area contributed by atoms with E-state index in [0.717, 1.165) is 29.7 Å². The fourth-order valence-corrected chi connectivity index (χ4v) is 3.82. The molecular weight excluding hydrogens is 334 g/mol. The molecule has 1 N–H and O–H groups in total. The molecule has 0 unspecified atom stereocenters. The lowest BCUT2D eigenvalue weighted by atomic mass is 9.87.